The average molecular weight is 409 g/mol. The molecule has 2 heterocycles. The summed E-state index contributed by atoms with van der Waals surface area (Å²) in [5.41, 5.74) is 1.18. The van der Waals surface area contributed by atoms with E-state index in [9.17, 15) is 9.59 Å². The highest BCUT2D eigenvalue weighted by Crippen LogP contribution is 2.40. The summed E-state index contributed by atoms with van der Waals surface area (Å²) >= 11 is 6.20. The Morgan fingerprint density at radius 3 is 2.61 bits per heavy atom. The van der Waals surface area contributed by atoms with Gasteiger partial charge in [0.2, 0.25) is 0 Å². The maximum Gasteiger partial charge on any atom is 0.415 e. The minimum absolute atomic E-state index is 0.153. The highest BCUT2D eigenvalue weighted by Gasteiger charge is 2.48. The van der Waals surface area contributed by atoms with Gasteiger partial charge in [-0.1, -0.05) is 11.6 Å². The van der Waals surface area contributed by atoms with Crippen LogP contribution in [0.5, 0.6) is 0 Å². The van der Waals surface area contributed by atoms with Gasteiger partial charge in [-0.2, -0.15) is 0 Å². The molecular formula is C21H29ClN2O4. The van der Waals surface area contributed by atoms with Crippen LogP contribution in [0.4, 0.5) is 10.5 Å². The largest absolute Gasteiger partial charge is 0.469 e. The Kier molecular flexibility index (Phi) is 5.92. The summed E-state index contributed by atoms with van der Waals surface area (Å²) in [6.07, 6.45) is 1.89. The van der Waals surface area contributed by atoms with Gasteiger partial charge in [0, 0.05) is 11.1 Å². The molecule has 1 aromatic carbocycles. The van der Waals surface area contributed by atoms with Crippen molar-refractivity contribution in [1.29, 1.82) is 0 Å². The molecular weight excluding hydrogens is 380 g/mol. The van der Waals surface area contributed by atoms with E-state index in [0.717, 1.165) is 30.6 Å². The Labute approximate surface area is 171 Å². The molecule has 7 heteroatoms. The lowest BCUT2D eigenvalue weighted by Gasteiger charge is -2.43. The van der Waals surface area contributed by atoms with E-state index in [2.05, 4.69) is 4.90 Å². The first-order valence-electron chi connectivity index (χ1n) is 9.71. The zero-order valence-electron chi connectivity index (χ0n) is 17.2. The Balaban J connectivity index is 2.01. The van der Waals surface area contributed by atoms with Crippen LogP contribution >= 0.6 is 11.6 Å². The van der Waals surface area contributed by atoms with Gasteiger partial charge in [0.25, 0.3) is 0 Å². The quantitative estimate of drug-likeness (QED) is 0.695. The maximum absolute atomic E-state index is 13.2. The molecule has 3 rings (SSSR count). The summed E-state index contributed by atoms with van der Waals surface area (Å²) in [6.45, 7) is 6.42. The number of nitrogens with zero attached hydrogens (tertiary/aromatic N) is 2. The van der Waals surface area contributed by atoms with Crippen molar-refractivity contribution in [2.24, 2.45) is 5.92 Å². The molecule has 6 nitrogen and oxygen atoms in total. The van der Waals surface area contributed by atoms with E-state index >= 15 is 0 Å². The van der Waals surface area contributed by atoms with Gasteiger partial charge in [-0.05, 0) is 77.4 Å². The molecule has 1 aromatic rings. The molecule has 0 aromatic heterocycles. The Morgan fingerprint density at radius 2 is 1.96 bits per heavy atom. The molecule has 1 amide bonds. The van der Waals surface area contributed by atoms with Gasteiger partial charge in [0.05, 0.1) is 24.8 Å². The summed E-state index contributed by atoms with van der Waals surface area (Å²) in [5, 5.41) is 0.630. The number of carbonyl (C=O) groups excluding carboxylic acids is 2. The number of carbonyl (C=O) groups is 2. The molecule has 1 fully saturated rings. The topological polar surface area (TPSA) is 59.1 Å². The predicted molar refractivity (Wildman–Crippen MR) is 109 cm³/mol. The number of esters is 1. The second-order valence-corrected chi connectivity index (χ2v) is 9.07. The molecule has 1 saturated heterocycles. The molecule has 2 aliphatic heterocycles. The van der Waals surface area contributed by atoms with E-state index < -0.39 is 11.7 Å². The van der Waals surface area contributed by atoms with Crippen LogP contribution in [0.2, 0.25) is 5.02 Å². The highest BCUT2D eigenvalue weighted by molar-refractivity contribution is 6.30. The van der Waals surface area contributed by atoms with Crippen LogP contribution in [-0.4, -0.2) is 55.3 Å². The molecule has 2 aliphatic rings. The highest BCUT2D eigenvalue weighted by atomic mass is 35.5. The number of benzene rings is 1. The van der Waals surface area contributed by atoms with Crippen LogP contribution in [-0.2, 0) is 20.7 Å². The van der Waals surface area contributed by atoms with Gasteiger partial charge < -0.3 is 14.4 Å². The first kappa shape index (κ1) is 20.9. The van der Waals surface area contributed by atoms with Gasteiger partial charge in [0.1, 0.15) is 5.60 Å². The lowest BCUT2D eigenvalue weighted by molar-refractivity contribution is -0.150. The molecule has 28 heavy (non-hydrogen) atoms. The summed E-state index contributed by atoms with van der Waals surface area (Å²) in [7, 11) is 3.42. The molecule has 3 atom stereocenters. The maximum atomic E-state index is 13.2. The fourth-order valence-corrected chi connectivity index (χ4v) is 4.62. The Bertz CT molecular complexity index is 761. The van der Waals surface area contributed by atoms with E-state index in [-0.39, 0.29) is 24.0 Å². The second kappa shape index (κ2) is 7.91. The van der Waals surface area contributed by atoms with Gasteiger partial charge in [-0.3, -0.25) is 9.69 Å². The first-order chi connectivity index (χ1) is 13.1. The van der Waals surface area contributed by atoms with Crippen LogP contribution in [0, 0.1) is 5.92 Å². The minimum Gasteiger partial charge on any atom is -0.469 e. The standard InChI is InChI=1S/C21H29ClN2O4/c1-21(2,3)28-20(26)24-16-9-8-14(22)11-13(16)12-17(24)18-15(19(25)27-5)7-6-10-23(18)4/h8-9,11,15,17-18H,6-7,10,12H2,1-5H3. The monoisotopic (exact) mass is 408 g/mol. The lowest BCUT2D eigenvalue weighted by Crippen LogP contribution is -2.59. The zero-order valence-corrected chi connectivity index (χ0v) is 18.0. The van der Waals surface area contributed by atoms with Gasteiger partial charge in [0.15, 0.2) is 0 Å². The van der Waals surface area contributed by atoms with Crippen molar-refractivity contribution in [2.75, 3.05) is 25.6 Å². The molecule has 0 spiro atoms. The fourth-order valence-electron chi connectivity index (χ4n) is 4.42. The van der Waals surface area contributed by atoms with Crippen molar-refractivity contribution in [3.05, 3.63) is 28.8 Å². The van der Waals surface area contributed by atoms with Crippen molar-refractivity contribution in [2.45, 2.75) is 57.7 Å². The number of likely N-dealkylation sites (N-methyl/N-ethyl adjacent to an activating group) is 1. The molecule has 0 saturated carbocycles. The van der Waals surface area contributed by atoms with Crippen LogP contribution in [0.3, 0.4) is 0 Å². The molecule has 0 radical (unpaired) electrons. The third-order valence-electron chi connectivity index (χ3n) is 5.50. The van der Waals surface area contributed by atoms with E-state index in [4.69, 9.17) is 21.1 Å². The summed E-state index contributed by atoms with van der Waals surface area (Å²) in [4.78, 5) is 29.5. The number of amides is 1. The Hall–Kier alpha value is -1.79. The third-order valence-corrected chi connectivity index (χ3v) is 5.73. The van der Waals surface area contributed by atoms with E-state index in [1.54, 1.807) is 11.0 Å². The van der Waals surface area contributed by atoms with E-state index in [1.807, 2.05) is 40.0 Å². The first-order valence-corrected chi connectivity index (χ1v) is 10.1. The number of methoxy groups -OCH3 is 1. The normalized spacial score (nSPS) is 25.4. The minimum atomic E-state index is -0.614. The van der Waals surface area contributed by atoms with Crippen LogP contribution < -0.4 is 4.90 Å². The summed E-state index contributed by atoms with van der Waals surface area (Å²) in [6, 6.07) is 5.15. The zero-order chi connectivity index (χ0) is 20.6. The van der Waals surface area contributed by atoms with Crippen molar-refractivity contribution in [3.63, 3.8) is 0 Å². The number of piperidine rings is 1. The van der Waals surface area contributed by atoms with Crippen molar-refractivity contribution >= 4 is 29.4 Å². The number of ether oxygens (including phenoxy) is 2. The Morgan fingerprint density at radius 1 is 1.25 bits per heavy atom. The predicted octanol–water partition coefficient (Wildman–Crippen LogP) is 3.89. The smallest absolute Gasteiger partial charge is 0.415 e. The van der Waals surface area contributed by atoms with Crippen molar-refractivity contribution in [3.8, 4) is 0 Å². The van der Waals surface area contributed by atoms with Crippen molar-refractivity contribution < 1.29 is 19.1 Å². The molecule has 3 unspecified atom stereocenters. The number of hydrogen-bond acceptors (Lipinski definition) is 5. The van der Waals surface area contributed by atoms with Crippen LogP contribution in [0.15, 0.2) is 18.2 Å². The summed E-state index contributed by atoms with van der Waals surface area (Å²) < 4.78 is 10.8. The number of fused-ring (bicyclic) bond motifs is 1. The molecule has 154 valence electrons. The van der Waals surface area contributed by atoms with Crippen molar-refractivity contribution in [1.82, 2.24) is 4.90 Å². The van der Waals surface area contributed by atoms with Crippen LogP contribution in [0.1, 0.15) is 39.2 Å². The van der Waals surface area contributed by atoms with Gasteiger partial charge in [-0.15, -0.1) is 0 Å². The SMILES string of the molecule is COC(=O)C1CCCN(C)C1C1Cc2cc(Cl)ccc2N1C(=O)OC(C)(C)C. The number of anilines is 1. The number of hydrogen-bond donors (Lipinski definition) is 0. The third kappa shape index (κ3) is 4.13. The average Bonchev–Trinajstić information content (AvgIpc) is 2.97. The fraction of sp³-hybridized carbons (Fsp3) is 0.619. The van der Waals surface area contributed by atoms with Crippen LogP contribution in [0.25, 0.3) is 0 Å². The number of rotatable bonds is 2. The van der Waals surface area contributed by atoms with Gasteiger partial charge in [-0.25, -0.2) is 4.79 Å². The number of halogens is 1. The van der Waals surface area contributed by atoms with E-state index in [0.29, 0.717) is 11.4 Å². The molecule has 0 aliphatic carbocycles. The number of likely N-dealkylation sites (tertiary alicyclic amines) is 1. The van der Waals surface area contributed by atoms with Gasteiger partial charge >= 0.3 is 12.1 Å². The molecule has 0 bridgehead atoms. The summed E-state index contributed by atoms with van der Waals surface area (Å²) in [5.74, 6) is -0.516. The lowest BCUT2D eigenvalue weighted by atomic mass is 9.83. The van der Waals surface area contributed by atoms with E-state index in [1.165, 1.54) is 7.11 Å². The second-order valence-electron chi connectivity index (χ2n) is 8.64. The molecule has 0 N–H and O–H groups in total.